The van der Waals surface area contributed by atoms with Crippen molar-refractivity contribution in [2.24, 2.45) is 7.05 Å². The summed E-state index contributed by atoms with van der Waals surface area (Å²) in [5, 5.41) is 13.4. The van der Waals surface area contributed by atoms with Gasteiger partial charge in [-0.3, -0.25) is 4.68 Å². The molecule has 138 valence electrons. The van der Waals surface area contributed by atoms with E-state index in [0.29, 0.717) is 6.92 Å². The van der Waals surface area contributed by atoms with E-state index in [-0.39, 0.29) is 23.4 Å². The molecule has 0 aromatic carbocycles. The highest BCUT2D eigenvalue weighted by Gasteiger charge is 2.55. The van der Waals surface area contributed by atoms with Crippen LogP contribution in [0, 0.1) is 0 Å². The van der Waals surface area contributed by atoms with Gasteiger partial charge in [-0.05, 0) is 20.3 Å². The zero-order valence-electron chi connectivity index (χ0n) is 13.4. The zero-order chi connectivity index (χ0) is 18.9. The fourth-order valence-corrected chi connectivity index (χ4v) is 3.17. The lowest BCUT2D eigenvalue weighted by Gasteiger charge is -2.31. The molecule has 0 spiro atoms. The summed E-state index contributed by atoms with van der Waals surface area (Å²) in [6, 6.07) is -0.765. The second kappa shape index (κ2) is 4.99. The number of nitrogens with zero attached hydrogens (tertiary/aromatic N) is 4. The third kappa shape index (κ3) is 2.43. The number of alkyl halides is 6. The molecule has 0 bridgehead atoms. The Morgan fingerprint density at radius 2 is 1.80 bits per heavy atom. The molecule has 3 rings (SSSR count). The predicted octanol–water partition coefficient (Wildman–Crippen LogP) is 3.19. The second-order valence-corrected chi connectivity index (χ2v) is 6.26. The van der Waals surface area contributed by atoms with Crippen LogP contribution in [0.15, 0.2) is 6.20 Å². The van der Waals surface area contributed by atoms with Gasteiger partial charge in [-0.2, -0.15) is 31.4 Å². The number of aryl methyl sites for hydroxylation is 1. The molecule has 11 heteroatoms. The molecule has 0 radical (unpaired) electrons. The number of imidazole rings is 1. The van der Waals surface area contributed by atoms with Crippen LogP contribution in [0.5, 0.6) is 0 Å². The van der Waals surface area contributed by atoms with Crippen LogP contribution in [0.2, 0.25) is 0 Å². The molecule has 3 heterocycles. The minimum Gasteiger partial charge on any atom is -0.374 e. The zero-order valence-corrected chi connectivity index (χ0v) is 13.4. The number of halogens is 6. The fraction of sp³-hybridized carbons (Fsp3) is 0.571. The quantitative estimate of drug-likeness (QED) is 0.787. The highest BCUT2D eigenvalue weighted by Crippen LogP contribution is 2.45. The van der Waals surface area contributed by atoms with Crippen molar-refractivity contribution in [3.8, 4) is 11.4 Å². The van der Waals surface area contributed by atoms with Crippen molar-refractivity contribution in [3.63, 3.8) is 0 Å². The smallest absolute Gasteiger partial charge is 0.374 e. The molecule has 0 amide bonds. The third-order valence-electron chi connectivity index (χ3n) is 4.38. The molecule has 25 heavy (non-hydrogen) atoms. The van der Waals surface area contributed by atoms with Gasteiger partial charge in [-0.1, -0.05) is 0 Å². The monoisotopic (exact) mass is 368 g/mol. The first-order valence-corrected chi connectivity index (χ1v) is 7.27. The lowest BCUT2D eigenvalue weighted by molar-refractivity contribution is -0.262. The van der Waals surface area contributed by atoms with Gasteiger partial charge >= 0.3 is 12.4 Å². The highest BCUT2D eigenvalue weighted by molar-refractivity contribution is 5.64. The highest BCUT2D eigenvalue weighted by atomic mass is 19.4. The predicted molar refractivity (Wildman–Crippen MR) is 73.5 cm³/mol. The van der Waals surface area contributed by atoms with Crippen molar-refractivity contribution in [3.05, 3.63) is 23.3 Å². The fourth-order valence-electron chi connectivity index (χ4n) is 3.17. The lowest BCUT2D eigenvalue weighted by Crippen LogP contribution is -2.42. The molecule has 1 N–H and O–H groups in total. The van der Waals surface area contributed by atoms with E-state index >= 15 is 0 Å². The van der Waals surface area contributed by atoms with Crippen LogP contribution >= 0.6 is 0 Å². The van der Waals surface area contributed by atoms with Crippen LogP contribution in [0.4, 0.5) is 26.3 Å². The van der Waals surface area contributed by atoms with E-state index in [1.54, 1.807) is 0 Å². The maximum absolute atomic E-state index is 13.2. The molecule has 5 nitrogen and oxygen atoms in total. The molecule has 0 saturated heterocycles. The van der Waals surface area contributed by atoms with E-state index < -0.39 is 35.5 Å². The minimum absolute atomic E-state index is 0.0437. The SMILES string of the molecule is CC1Cc2c(C(F)(F)F)nn(C)c2-c2cnc(C(C)(O)C(F)(F)F)n21. The number of aromatic nitrogens is 4. The summed E-state index contributed by atoms with van der Waals surface area (Å²) >= 11 is 0. The molecule has 2 aromatic rings. The molecule has 0 fully saturated rings. The Labute approximate surface area is 137 Å². The van der Waals surface area contributed by atoms with Crippen LogP contribution in [-0.2, 0) is 25.2 Å². The Kier molecular flexibility index (Phi) is 3.55. The van der Waals surface area contributed by atoms with E-state index in [1.165, 1.54) is 14.0 Å². The first kappa shape index (κ1) is 17.8. The maximum atomic E-state index is 13.2. The standard InChI is InChI=1S/C14H14F6N4O/c1-6-4-7-9(23(3)22-10(7)13(15,16)17)8-5-21-11(24(6)8)12(2,25)14(18,19)20/h5-6,25H,4H2,1-3H3. The van der Waals surface area contributed by atoms with E-state index in [2.05, 4.69) is 10.1 Å². The van der Waals surface area contributed by atoms with Crippen molar-refractivity contribution in [1.29, 1.82) is 0 Å². The summed E-state index contributed by atoms with van der Waals surface area (Å²) in [4.78, 5) is 3.67. The van der Waals surface area contributed by atoms with Gasteiger partial charge in [0.1, 0.15) is 0 Å². The van der Waals surface area contributed by atoms with E-state index in [9.17, 15) is 31.4 Å². The lowest BCUT2D eigenvalue weighted by atomic mass is 9.96. The summed E-state index contributed by atoms with van der Waals surface area (Å²) in [7, 11) is 1.28. The van der Waals surface area contributed by atoms with E-state index in [4.69, 9.17) is 0 Å². The molecule has 0 saturated carbocycles. The third-order valence-corrected chi connectivity index (χ3v) is 4.38. The van der Waals surface area contributed by atoms with Gasteiger partial charge in [-0.15, -0.1) is 0 Å². The van der Waals surface area contributed by atoms with Crippen molar-refractivity contribution in [2.75, 3.05) is 0 Å². The van der Waals surface area contributed by atoms with Gasteiger partial charge in [0.25, 0.3) is 0 Å². The largest absolute Gasteiger partial charge is 0.435 e. The molecule has 1 aliphatic rings. The summed E-state index contributed by atoms with van der Waals surface area (Å²) < 4.78 is 81.0. The Morgan fingerprint density at radius 1 is 1.20 bits per heavy atom. The average molecular weight is 368 g/mol. The summed E-state index contributed by atoms with van der Waals surface area (Å²) in [6.45, 7) is 2.03. The summed E-state index contributed by atoms with van der Waals surface area (Å²) in [5.41, 5.74) is -4.29. The Bertz CT molecular complexity index is 830. The van der Waals surface area contributed by atoms with Crippen LogP contribution in [0.3, 0.4) is 0 Å². The molecule has 1 aliphatic heterocycles. The van der Waals surface area contributed by atoms with Crippen LogP contribution < -0.4 is 0 Å². The van der Waals surface area contributed by atoms with E-state index in [0.717, 1.165) is 15.4 Å². The van der Waals surface area contributed by atoms with Gasteiger partial charge in [0, 0.05) is 18.7 Å². The average Bonchev–Trinajstić information content (AvgIpc) is 2.99. The topological polar surface area (TPSA) is 55.9 Å². The Balaban J connectivity index is 2.25. The minimum atomic E-state index is -4.99. The van der Waals surface area contributed by atoms with Gasteiger partial charge < -0.3 is 9.67 Å². The first-order chi connectivity index (χ1) is 11.3. The molecule has 2 unspecified atom stereocenters. The van der Waals surface area contributed by atoms with Gasteiger partial charge in [0.05, 0.1) is 17.6 Å². The van der Waals surface area contributed by atoms with Crippen LogP contribution in [-0.4, -0.2) is 30.6 Å². The molecule has 2 aromatic heterocycles. The molecule has 2 atom stereocenters. The van der Waals surface area contributed by atoms with Crippen LogP contribution in [0.25, 0.3) is 11.4 Å². The van der Waals surface area contributed by atoms with Crippen molar-refractivity contribution in [2.45, 2.75) is 44.3 Å². The molecular formula is C14H14F6N4O. The Morgan fingerprint density at radius 3 is 2.32 bits per heavy atom. The van der Waals surface area contributed by atoms with Gasteiger partial charge in [0.15, 0.2) is 11.5 Å². The maximum Gasteiger partial charge on any atom is 0.435 e. The van der Waals surface area contributed by atoms with Crippen molar-refractivity contribution in [1.82, 2.24) is 19.3 Å². The van der Waals surface area contributed by atoms with Gasteiger partial charge in [0.2, 0.25) is 5.60 Å². The number of rotatable bonds is 1. The molecular weight excluding hydrogens is 354 g/mol. The number of fused-ring (bicyclic) bond motifs is 3. The molecule has 0 aliphatic carbocycles. The van der Waals surface area contributed by atoms with Crippen molar-refractivity contribution >= 4 is 0 Å². The first-order valence-electron chi connectivity index (χ1n) is 7.27. The van der Waals surface area contributed by atoms with Gasteiger partial charge in [-0.25, -0.2) is 4.98 Å². The van der Waals surface area contributed by atoms with Crippen molar-refractivity contribution < 1.29 is 31.4 Å². The number of hydrogen-bond donors (Lipinski definition) is 1. The Hall–Kier alpha value is -2.04. The second-order valence-electron chi connectivity index (χ2n) is 6.26. The number of hydrogen-bond acceptors (Lipinski definition) is 3. The van der Waals surface area contributed by atoms with E-state index in [1.807, 2.05) is 0 Å². The summed E-state index contributed by atoms with van der Waals surface area (Å²) in [6.07, 6.45) is -8.81. The summed E-state index contributed by atoms with van der Waals surface area (Å²) in [5.74, 6) is -0.664. The van der Waals surface area contributed by atoms with Crippen LogP contribution in [0.1, 0.15) is 37.0 Å². The normalized spacial score (nSPS) is 20.2. The number of aliphatic hydroxyl groups is 1.